The van der Waals surface area contributed by atoms with E-state index in [2.05, 4.69) is 4.89 Å². The molecule has 3 nitrogen and oxygen atoms in total. The Morgan fingerprint density at radius 2 is 2.12 bits per heavy atom. The zero-order chi connectivity index (χ0) is 5.40. The molecule has 0 N–H and O–H groups in total. The molecule has 2 saturated heterocycles. The molecule has 2 atom stereocenters. The van der Waals surface area contributed by atoms with Crippen LogP contribution in [0.5, 0.6) is 0 Å². The highest BCUT2D eigenvalue weighted by atomic mass is 17.2. The number of rotatable bonds is 1. The van der Waals surface area contributed by atoms with Gasteiger partial charge in [-0.25, -0.2) is 9.78 Å². The first kappa shape index (κ1) is 4.73. The molecule has 2 aliphatic rings. The summed E-state index contributed by atoms with van der Waals surface area (Å²) in [6, 6.07) is 0. The second-order valence-electron chi connectivity index (χ2n) is 2.12. The summed E-state index contributed by atoms with van der Waals surface area (Å²) in [7, 11) is 0. The van der Waals surface area contributed by atoms with Crippen molar-refractivity contribution in [2.75, 3.05) is 13.2 Å². The highest BCUT2D eigenvalue weighted by Crippen LogP contribution is 2.23. The molecule has 2 heterocycles. The average molecular weight is 116 g/mol. The summed E-state index contributed by atoms with van der Waals surface area (Å²) in [5.41, 5.74) is 0. The van der Waals surface area contributed by atoms with Crippen molar-refractivity contribution < 1.29 is 14.5 Å². The quantitative estimate of drug-likeness (QED) is 0.360. The lowest BCUT2D eigenvalue weighted by Crippen LogP contribution is -2.12. The monoisotopic (exact) mass is 116 g/mol. The van der Waals surface area contributed by atoms with Crippen LogP contribution in [0.1, 0.15) is 6.42 Å². The van der Waals surface area contributed by atoms with E-state index in [1.165, 1.54) is 0 Å². The summed E-state index contributed by atoms with van der Waals surface area (Å²) in [5.74, 6) is 0. The van der Waals surface area contributed by atoms with Crippen molar-refractivity contribution in [3.8, 4) is 0 Å². The topological polar surface area (TPSA) is 31.0 Å². The SMILES string of the molecule is C1CC(C2CO2)OO1. The van der Waals surface area contributed by atoms with Crippen LogP contribution < -0.4 is 0 Å². The van der Waals surface area contributed by atoms with Crippen molar-refractivity contribution >= 4 is 0 Å². The zero-order valence-electron chi connectivity index (χ0n) is 4.50. The van der Waals surface area contributed by atoms with E-state index in [0.717, 1.165) is 19.6 Å². The van der Waals surface area contributed by atoms with Crippen LogP contribution >= 0.6 is 0 Å². The van der Waals surface area contributed by atoms with Gasteiger partial charge in [-0.2, -0.15) is 0 Å². The van der Waals surface area contributed by atoms with Gasteiger partial charge in [0, 0.05) is 6.42 Å². The molecule has 0 aromatic heterocycles. The van der Waals surface area contributed by atoms with Gasteiger partial charge in [-0.3, -0.25) is 0 Å². The molecule has 0 saturated carbocycles. The van der Waals surface area contributed by atoms with Crippen molar-refractivity contribution in [3.05, 3.63) is 0 Å². The molecule has 2 fully saturated rings. The van der Waals surface area contributed by atoms with E-state index < -0.39 is 0 Å². The largest absolute Gasteiger partial charge is 0.370 e. The number of epoxide rings is 1. The summed E-state index contributed by atoms with van der Waals surface area (Å²) >= 11 is 0. The van der Waals surface area contributed by atoms with E-state index in [4.69, 9.17) is 9.62 Å². The van der Waals surface area contributed by atoms with Gasteiger partial charge in [-0.05, 0) is 0 Å². The van der Waals surface area contributed by atoms with Gasteiger partial charge in [0.05, 0.1) is 13.2 Å². The Balaban J connectivity index is 1.86. The molecular formula is C5H8O3. The van der Waals surface area contributed by atoms with Gasteiger partial charge < -0.3 is 4.74 Å². The van der Waals surface area contributed by atoms with Gasteiger partial charge in [-0.1, -0.05) is 0 Å². The summed E-state index contributed by atoms with van der Waals surface area (Å²) in [6.45, 7) is 1.58. The maximum absolute atomic E-state index is 4.99. The smallest absolute Gasteiger partial charge is 0.124 e. The van der Waals surface area contributed by atoms with Crippen LogP contribution in [-0.4, -0.2) is 25.4 Å². The lowest BCUT2D eigenvalue weighted by molar-refractivity contribution is -0.276. The third-order valence-electron chi connectivity index (χ3n) is 1.45. The van der Waals surface area contributed by atoms with Crippen LogP contribution in [0, 0.1) is 0 Å². The fourth-order valence-corrected chi connectivity index (χ4v) is 0.866. The van der Waals surface area contributed by atoms with Gasteiger partial charge in [0.2, 0.25) is 0 Å². The molecule has 2 rings (SSSR count). The summed E-state index contributed by atoms with van der Waals surface area (Å²) in [4.78, 5) is 9.53. The van der Waals surface area contributed by atoms with Crippen molar-refractivity contribution in [2.45, 2.75) is 18.6 Å². The first-order chi connectivity index (χ1) is 3.97. The predicted molar refractivity (Wildman–Crippen MR) is 25.2 cm³/mol. The zero-order valence-corrected chi connectivity index (χ0v) is 4.50. The van der Waals surface area contributed by atoms with E-state index in [1.807, 2.05) is 0 Å². The molecule has 8 heavy (non-hydrogen) atoms. The Labute approximate surface area is 47.5 Å². The van der Waals surface area contributed by atoms with Gasteiger partial charge >= 0.3 is 0 Å². The molecule has 0 amide bonds. The number of hydrogen-bond donors (Lipinski definition) is 0. The second-order valence-corrected chi connectivity index (χ2v) is 2.12. The van der Waals surface area contributed by atoms with E-state index in [0.29, 0.717) is 6.10 Å². The van der Waals surface area contributed by atoms with Crippen LogP contribution in [0.15, 0.2) is 0 Å². The molecule has 46 valence electrons. The third-order valence-corrected chi connectivity index (χ3v) is 1.45. The first-order valence-corrected chi connectivity index (χ1v) is 2.87. The van der Waals surface area contributed by atoms with Crippen molar-refractivity contribution in [3.63, 3.8) is 0 Å². The number of ether oxygens (including phenoxy) is 1. The molecule has 0 aromatic carbocycles. The minimum atomic E-state index is 0.231. The minimum absolute atomic E-state index is 0.231. The average Bonchev–Trinajstić information content (AvgIpc) is 2.49. The third kappa shape index (κ3) is 0.727. The molecule has 2 unspecified atom stereocenters. The van der Waals surface area contributed by atoms with E-state index in [9.17, 15) is 0 Å². The Hall–Kier alpha value is -0.120. The summed E-state index contributed by atoms with van der Waals surface area (Å²) < 4.78 is 4.99. The lowest BCUT2D eigenvalue weighted by Gasteiger charge is -1.97. The normalized spacial score (nSPS) is 45.0. The molecule has 0 bridgehead atoms. The first-order valence-electron chi connectivity index (χ1n) is 2.87. The van der Waals surface area contributed by atoms with Crippen molar-refractivity contribution in [1.82, 2.24) is 0 Å². The predicted octanol–water partition coefficient (Wildman–Crippen LogP) is 0.106. The van der Waals surface area contributed by atoms with Crippen LogP contribution in [0.2, 0.25) is 0 Å². The highest BCUT2D eigenvalue weighted by Gasteiger charge is 2.36. The molecular weight excluding hydrogens is 108 g/mol. The summed E-state index contributed by atoms with van der Waals surface area (Å²) in [6.07, 6.45) is 1.57. The maximum Gasteiger partial charge on any atom is 0.124 e. The van der Waals surface area contributed by atoms with Crippen LogP contribution in [0.4, 0.5) is 0 Å². The maximum atomic E-state index is 4.99. The second kappa shape index (κ2) is 1.69. The molecule has 0 radical (unpaired) electrons. The fraction of sp³-hybridized carbons (Fsp3) is 1.00. The Morgan fingerprint density at radius 3 is 2.62 bits per heavy atom. The molecule has 0 aliphatic carbocycles. The Bertz CT molecular complexity index is 83.7. The van der Waals surface area contributed by atoms with Gasteiger partial charge in [-0.15, -0.1) is 0 Å². The van der Waals surface area contributed by atoms with Crippen molar-refractivity contribution in [1.29, 1.82) is 0 Å². The summed E-state index contributed by atoms with van der Waals surface area (Å²) in [5, 5.41) is 0. The van der Waals surface area contributed by atoms with E-state index in [-0.39, 0.29) is 6.10 Å². The number of hydrogen-bond acceptors (Lipinski definition) is 3. The molecule has 3 heteroatoms. The van der Waals surface area contributed by atoms with Gasteiger partial charge in [0.15, 0.2) is 0 Å². The van der Waals surface area contributed by atoms with Crippen LogP contribution in [-0.2, 0) is 14.5 Å². The fourth-order valence-electron chi connectivity index (χ4n) is 0.866. The molecule has 0 aromatic rings. The molecule has 2 aliphatic heterocycles. The minimum Gasteiger partial charge on any atom is -0.370 e. The standard InChI is InChI=1S/C5H8O3/c1-2-7-8-4(1)5-3-6-5/h4-5H,1-3H2. The van der Waals surface area contributed by atoms with E-state index in [1.54, 1.807) is 0 Å². The van der Waals surface area contributed by atoms with Gasteiger partial charge in [0.1, 0.15) is 12.2 Å². The van der Waals surface area contributed by atoms with Crippen LogP contribution in [0.3, 0.4) is 0 Å². The Kier molecular flexibility index (Phi) is 0.997. The highest BCUT2D eigenvalue weighted by molar-refractivity contribution is 4.80. The lowest BCUT2D eigenvalue weighted by atomic mass is 10.2. The molecule has 0 spiro atoms. The van der Waals surface area contributed by atoms with Crippen molar-refractivity contribution in [2.24, 2.45) is 0 Å². The van der Waals surface area contributed by atoms with Gasteiger partial charge in [0.25, 0.3) is 0 Å². The van der Waals surface area contributed by atoms with E-state index >= 15 is 0 Å². The van der Waals surface area contributed by atoms with Crippen LogP contribution in [0.25, 0.3) is 0 Å². The Morgan fingerprint density at radius 1 is 1.25 bits per heavy atom.